The van der Waals surface area contributed by atoms with Gasteiger partial charge in [0.05, 0.1) is 12.8 Å². The Morgan fingerprint density at radius 2 is 1.87 bits per heavy atom. The average Bonchev–Trinajstić information content (AvgIpc) is 3.44. The Morgan fingerprint density at radius 3 is 2.65 bits per heavy atom. The molecule has 31 heavy (non-hydrogen) atoms. The first kappa shape index (κ1) is 18.8. The summed E-state index contributed by atoms with van der Waals surface area (Å²) in [5, 5.41) is 8.58. The Hall–Kier alpha value is -4.20. The minimum atomic E-state index is -0.189. The van der Waals surface area contributed by atoms with Gasteiger partial charge in [0.25, 0.3) is 5.56 Å². The van der Waals surface area contributed by atoms with E-state index in [1.165, 1.54) is 4.57 Å². The number of rotatable bonds is 5. The summed E-state index contributed by atoms with van der Waals surface area (Å²) in [6.07, 6.45) is 3.40. The highest BCUT2D eigenvalue weighted by Gasteiger charge is 2.14. The zero-order valence-corrected chi connectivity index (χ0v) is 17.0. The Morgan fingerprint density at radius 1 is 1.06 bits per heavy atom. The molecule has 0 fully saturated rings. The van der Waals surface area contributed by atoms with E-state index in [-0.39, 0.29) is 12.1 Å². The van der Waals surface area contributed by atoms with Crippen molar-refractivity contribution < 1.29 is 9.26 Å². The van der Waals surface area contributed by atoms with E-state index in [0.717, 1.165) is 22.4 Å². The highest BCUT2D eigenvalue weighted by molar-refractivity contribution is 5.66. The first-order valence-electron chi connectivity index (χ1n) is 9.74. The Bertz CT molecular complexity index is 1430. The molecule has 0 amide bonds. The van der Waals surface area contributed by atoms with E-state index in [2.05, 4.69) is 15.2 Å². The van der Waals surface area contributed by atoms with Crippen LogP contribution in [0, 0.1) is 6.92 Å². The number of fused-ring (bicyclic) bond motifs is 1. The Kier molecular flexibility index (Phi) is 4.59. The van der Waals surface area contributed by atoms with Crippen molar-refractivity contribution in [2.45, 2.75) is 13.5 Å². The van der Waals surface area contributed by atoms with Crippen molar-refractivity contribution in [1.82, 2.24) is 24.3 Å². The number of methoxy groups -OCH3 is 1. The summed E-state index contributed by atoms with van der Waals surface area (Å²) in [4.78, 5) is 17.5. The van der Waals surface area contributed by atoms with Crippen LogP contribution in [0.2, 0.25) is 0 Å². The van der Waals surface area contributed by atoms with Gasteiger partial charge in [0.1, 0.15) is 17.8 Å². The van der Waals surface area contributed by atoms with Crippen molar-refractivity contribution in [3.63, 3.8) is 0 Å². The average molecular weight is 413 g/mol. The lowest BCUT2D eigenvalue weighted by Crippen LogP contribution is -2.21. The zero-order chi connectivity index (χ0) is 21.4. The maximum Gasteiger partial charge on any atom is 0.277 e. The molecule has 5 aromatic rings. The molecule has 0 radical (unpaired) electrons. The molecule has 8 nitrogen and oxygen atoms in total. The molecular formula is C23H19N5O3. The van der Waals surface area contributed by atoms with Crippen molar-refractivity contribution in [2.24, 2.45) is 0 Å². The topological polar surface area (TPSA) is 87.5 Å². The second-order valence-electron chi connectivity index (χ2n) is 7.15. The summed E-state index contributed by atoms with van der Waals surface area (Å²) in [6.45, 7) is 2.17. The predicted molar refractivity (Wildman–Crippen MR) is 115 cm³/mol. The number of ether oxygens (including phenoxy) is 1. The van der Waals surface area contributed by atoms with E-state index in [1.54, 1.807) is 30.1 Å². The molecular weight excluding hydrogens is 394 g/mol. The van der Waals surface area contributed by atoms with Crippen LogP contribution in [0.1, 0.15) is 11.5 Å². The van der Waals surface area contributed by atoms with Crippen molar-refractivity contribution in [3.05, 3.63) is 88.8 Å². The lowest BCUT2D eigenvalue weighted by atomic mass is 10.1. The summed E-state index contributed by atoms with van der Waals surface area (Å²) < 4.78 is 13.7. The van der Waals surface area contributed by atoms with Crippen LogP contribution in [-0.2, 0) is 6.54 Å². The van der Waals surface area contributed by atoms with Crippen LogP contribution in [0.25, 0.3) is 28.2 Å². The summed E-state index contributed by atoms with van der Waals surface area (Å²) in [5.41, 5.74) is 3.84. The zero-order valence-electron chi connectivity index (χ0n) is 17.0. The smallest absolute Gasteiger partial charge is 0.277 e. The third-order valence-corrected chi connectivity index (χ3v) is 5.15. The van der Waals surface area contributed by atoms with E-state index in [0.29, 0.717) is 22.9 Å². The molecule has 0 saturated heterocycles. The monoisotopic (exact) mass is 413 g/mol. The lowest BCUT2D eigenvalue weighted by Gasteiger charge is -2.02. The van der Waals surface area contributed by atoms with E-state index in [9.17, 15) is 4.79 Å². The molecule has 0 aliphatic heterocycles. The molecule has 3 aromatic heterocycles. The number of benzene rings is 2. The van der Waals surface area contributed by atoms with Gasteiger partial charge in [0.2, 0.25) is 11.7 Å². The Labute approximate surface area is 177 Å². The molecule has 0 N–H and O–H groups in total. The van der Waals surface area contributed by atoms with E-state index < -0.39 is 0 Å². The standard InChI is InChI=1S/C23H19N5O3/c1-15-5-3-4-6-18(15)22-24-21(31-26-22)14-27-11-12-28-20(23(27)29)13-19(25-28)16-7-9-17(30-2)10-8-16/h3-13H,14H2,1-2H3. The number of aryl methyl sites for hydroxylation is 1. The summed E-state index contributed by atoms with van der Waals surface area (Å²) in [6, 6.07) is 17.1. The quantitative estimate of drug-likeness (QED) is 0.438. The van der Waals surface area contributed by atoms with Crippen molar-refractivity contribution in [3.8, 4) is 28.4 Å². The fourth-order valence-electron chi connectivity index (χ4n) is 3.45. The van der Waals surface area contributed by atoms with Crippen LogP contribution < -0.4 is 10.3 Å². The van der Waals surface area contributed by atoms with E-state index in [4.69, 9.17) is 9.26 Å². The van der Waals surface area contributed by atoms with E-state index >= 15 is 0 Å². The van der Waals surface area contributed by atoms with Gasteiger partial charge >= 0.3 is 0 Å². The van der Waals surface area contributed by atoms with Crippen molar-refractivity contribution in [1.29, 1.82) is 0 Å². The van der Waals surface area contributed by atoms with Gasteiger partial charge in [0, 0.05) is 23.5 Å². The molecule has 0 aliphatic carbocycles. The van der Waals surface area contributed by atoms with Gasteiger partial charge in [-0.3, -0.25) is 4.79 Å². The minimum Gasteiger partial charge on any atom is -0.497 e. The van der Waals surface area contributed by atoms with Gasteiger partial charge in [-0.2, -0.15) is 10.1 Å². The molecule has 5 rings (SSSR count). The molecule has 0 spiro atoms. The van der Waals surface area contributed by atoms with Gasteiger partial charge in [-0.25, -0.2) is 4.52 Å². The molecule has 2 aromatic carbocycles. The predicted octanol–water partition coefficient (Wildman–Crippen LogP) is 3.58. The molecule has 0 atom stereocenters. The molecule has 154 valence electrons. The fourth-order valence-corrected chi connectivity index (χ4v) is 3.45. The van der Waals surface area contributed by atoms with Gasteiger partial charge < -0.3 is 13.8 Å². The van der Waals surface area contributed by atoms with Crippen molar-refractivity contribution >= 4 is 5.52 Å². The Balaban J connectivity index is 1.45. The summed E-state index contributed by atoms with van der Waals surface area (Å²) in [5.74, 6) is 1.63. The third-order valence-electron chi connectivity index (χ3n) is 5.15. The molecule has 3 heterocycles. The highest BCUT2D eigenvalue weighted by Crippen LogP contribution is 2.22. The van der Waals surface area contributed by atoms with Gasteiger partial charge in [-0.1, -0.05) is 29.4 Å². The number of nitrogens with zero attached hydrogens (tertiary/aromatic N) is 5. The third kappa shape index (κ3) is 3.48. The van der Waals surface area contributed by atoms with Crippen LogP contribution in [-0.4, -0.2) is 31.4 Å². The molecule has 8 heteroatoms. The van der Waals surface area contributed by atoms with Crippen LogP contribution in [0.5, 0.6) is 5.75 Å². The number of hydrogen-bond acceptors (Lipinski definition) is 6. The minimum absolute atomic E-state index is 0.178. The van der Waals surface area contributed by atoms with Crippen LogP contribution >= 0.6 is 0 Å². The van der Waals surface area contributed by atoms with Crippen LogP contribution in [0.3, 0.4) is 0 Å². The summed E-state index contributed by atoms with van der Waals surface area (Å²) >= 11 is 0. The SMILES string of the molecule is COc1ccc(-c2cc3c(=O)n(Cc4nc(-c5ccccc5C)no4)ccn3n2)cc1. The van der Waals surface area contributed by atoms with Gasteiger partial charge in [-0.05, 0) is 42.8 Å². The molecule has 0 bridgehead atoms. The summed E-state index contributed by atoms with van der Waals surface area (Å²) in [7, 11) is 1.62. The van der Waals surface area contributed by atoms with Gasteiger partial charge in [0.15, 0.2) is 0 Å². The maximum atomic E-state index is 13.0. The number of hydrogen-bond donors (Lipinski definition) is 0. The van der Waals surface area contributed by atoms with Crippen LogP contribution in [0.15, 0.2) is 76.3 Å². The van der Waals surface area contributed by atoms with Crippen LogP contribution in [0.4, 0.5) is 0 Å². The highest BCUT2D eigenvalue weighted by atomic mass is 16.5. The van der Waals surface area contributed by atoms with Gasteiger partial charge in [-0.15, -0.1) is 0 Å². The van der Waals surface area contributed by atoms with Crippen molar-refractivity contribution in [2.75, 3.05) is 7.11 Å². The second-order valence-corrected chi connectivity index (χ2v) is 7.15. The first-order valence-corrected chi connectivity index (χ1v) is 9.74. The first-order chi connectivity index (χ1) is 15.1. The normalized spacial score (nSPS) is 11.2. The maximum absolute atomic E-state index is 13.0. The lowest BCUT2D eigenvalue weighted by molar-refractivity contribution is 0.370. The number of aromatic nitrogens is 5. The molecule has 0 unspecified atom stereocenters. The second kappa shape index (κ2) is 7.56. The largest absolute Gasteiger partial charge is 0.497 e. The molecule has 0 aliphatic rings. The van der Waals surface area contributed by atoms with E-state index in [1.807, 2.05) is 55.5 Å². The molecule has 0 saturated carbocycles. The fraction of sp³-hybridized carbons (Fsp3) is 0.130.